The van der Waals surface area contributed by atoms with Gasteiger partial charge < -0.3 is 9.80 Å². The molecule has 0 N–H and O–H groups in total. The van der Waals surface area contributed by atoms with E-state index in [1.807, 2.05) is 24.3 Å². The molecule has 1 unspecified atom stereocenters. The fourth-order valence-electron chi connectivity index (χ4n) is 2.87. The van der Waals surface area contributed by atoms with Crippen molar-refractivity contribution in [1.29, 1.82) is 0 Å². The molecule has 100 valence electrons. The van der Waals surface area contributed by atoms with Crippen molar-refractivity contribution >= 4 is 33.4 Å². The highest BCUT2D eigenvalue weighted by Crippen LogP contribution is 2.31. The average Bonchev–Trinajstić information content (AvgIpc) is 2.85. The molecule has 1 aromatic carbocycles. The summed E-state index contributed by atoms with van der Waals surface area (Å²) >= 11 is 3.48. The molecule has 0 spiro atoms. The summed E-state index contributed by atoms with van der Waals surface area (Å²) < 4.78 is 0.891. The van der Waals surface area contributed by atoms with Crippen molar-refractivity contribution in [2.75, 3.05) is 18.0 Å². The van der Waals surface area contributed by atoms with Crippen LogP contribution in [0.3, 0.4) is 0 Å². The van der Waals surface area contributed by atoms with E-state index in [1.165, 1.54) is 0 Å². The summed E-state index contributed by atoms with van der Waals surface area (Å²) in [4.78, 5) is 28.2. The molecule has 1 atom stereocenters. The second kappa shape index (κ2) is 4.96. The van der Waals surface area contributed by atoms with Gasteiger partial charge in [-0.1, -0.05) is 12.1 Å². The summed E-state index contributed by atoms with van der Waals surface area (Å²) in [5, 5.41) is 0. The van der Waals surface area contributed by atoms with Crippen molar-refractivity contribution in [3.05, 3.63) is 28.7 Å². The Bertz CT molecular complexity index is 532. The number of hydrogen-bond donors (Lipinski definition) is 0. The largest absolute Gasteiger partial charge is 0.331 e. The van der Waals surface area contributed by atoms with Gasteiger partial charge in [0.05, 0.1) is 5.69 Å². The van der Waals surface area contributed by atoms with Gasteiger partial charge >= 0.3 is 0 Å². The molecule has 2 fully saturated rings. The monoisotopic (exact) mass is 322 g/mol. The molecular formula is C14H15BrN2O2. The second-order valence-corrected chi connectivity index (χ2v) is 5.79. The quantitative estimate of drug-likeness (QED) is 0.795. The van der Waals surface area contributed by atoms with Crippen LogP contribution in [0, 0.1) is 0 Å². The van der Waals surface area contributed by atoms with Crippen molar-refractivity contribution < 1.29 is 9.59 Å². The third-order valence-electron chi connectivity index (χ3n) is 3.82. The Morgan fingerprint density at radius 3 is 2.74 bits per heavy atom. The number of fused-ring (bicyclic) bond motifs is 1. The van der Waals surface area contributed by atoms with E-state index in [0.717, 1.165) is 29.5 Å². The summed E-state index contributed by atoms with van der Waals surface area (Å²) in [6.45, 7) is 1.19. The van der Waals surface area contributed by atoms with Gasteiger partial charge in [-0.2, -0.15) is 0 Å². The van der Waals surface area contributed by atoms with Crippen molar-refractivity contribution in [2.45, 2.75) is 25.3 Å². The van der Waals surface area contributed by atoms with E-state index in [1.54, 1.807) is 9.80 Å². The molecule has 0 saturated carbocycles. The van der Waals surface area contributed by atoms with E-state index in [-0.39, 0.29) is 17.9 Å². The Balaban J connectivity index is 1.96. The van der Waals surface area contributed by atoms with E-state index in [9.17, 15) is 9.59 Å². The number of nitrogens with zero attached hydrogens (tertiary/aromatic N) is 2. The molecule has 2 aliphatic rings. The number of amides is 2. The van der Waals surface area contributed by atoms with Crippen LogP contribution in [0.15, 0.2) is 28.7 Å². The Labute approximate surface area is 120 Å². The SMILES string of the molecule is O=C1C2CCCN2C(=O)CCN1c1ccccc1Br. The minimum Gasteiger partial charge on any atom is -0.331 e. The Morgan fingerprint density at radius 1 is 1.16 bits per heavy atom. The van der Waals surface area contributed by atoms with E-state index in [4.69, 9.17) is 0 Å². The highest BCUT2D eigenvalue weighted by atomic mass is 79.9. The first-order valence-electron chi connectivity index (χ1n) is 6.54. The first kappa shape index (κ1) is 12.7. The maximum Gasteiger partial charge on any atom is 0.249 e. The lowest BCUT2D eigenvalue weighted by Gasteiger charge is -2.25. The Kier molecular flexibility index (Phi) is 3.31. The number of carbonyl (C=O) groups excluding carboxylic acids is 2. The molecule has 2 saturated heterocycles. The highest BCUT2D eigenvalue weighted by molar-refractivity contribution is 9.10. The molecule has 4 nitrogen and oxygen atoms in total. The van der Waals surface area contributed by atoms with E-state index in [2.05, 4.69) is 15.9 Å². The number of hydrogen-bond acceptors (Lipinski definition) is 2. The fraction of sp³-hybridized carbons (Fsp3) is 0.429. The molecule has 0 aliphatic carbocycles. The summed E-state index contributed by atoms with van der Waals surface area (Å²) in [5.74, 6) is 0.153. The van der Waals surface area contributed by atoms with Gasteiger partial charge in [0.1, 0.15) is 6.04 Å². The van der Waals surface area contributed by atoms with Crippen molar-refractivity contribution in [3.63, 3.8) is 0 Å². The lowest BCUT2D eigenvalue weighted by Crippen LogP contribution is -2.43. The summed E-state index contributed by atoms with van der Waals surface area (Å²) in [5.41, 5.74) is 0.856. The molecule has 1 aromatic rings. The number of para-hydroxylation sites is 1. The molecule has 0 bridgehead atoms. The molecule has 19 heavy (non-hydrogen) atoms. The van der Waals surface area contributed by atoms with Crippen LogP contribution in [0.1, 0.15) is 19.3 Å². The summed E-state index contributed by atoms with van der Waals surface area (Å²) in [6.07, 6.45) is 2.11. The number of benzene rings is 1. The average molecular weight is 323 g/mol. The standard InChI is InChI=1S/C14H15BrN2O2/c15-10-4-1-2-5-11(10)17-9-7-13(18)16-8-3-6-12(16)14(17)19/h1-2,4-5,12H,3,6-9H2. The van der Waals surface area contributed by atoms with Gasteiger partial charge in [0, 0.05) is 24.0 Å². The lowest BCUT2D eigenvalue weighted by atomic mass is 10.2. The normalized spacial score (nSPS) is 23.5. The van der Waals surface area contributed by atoms with Crippen LogP contribution in [0.5, 0.6) is 0 Å². The maximum atomic E-state index is 12.6. The molecular weight excluding hydrogens is 308 g/mol. The van der Waals surface area contributed by atoms with Crippen LogP contribution in [0.4, 0.5) is 5.69 Å². The van der Waals surface area contributed by atoms with Gasteiger partial charge in [0.15, 0.2) is 0 Å². The van der Waals surface area contributed by atoms with Crippen LogP contribution in [0.2, 0.25) is 0 Å². The smallest absolute Gasteiger partial charge is 0.249 e. The van der Waals surface area contributed by atoms with Crippen LogP contribution < -0.4 is 4.90 Å². The maximum absolute atomic E-state index is 12.6. The van der Waals surface area contributed by atoms with Crippen molar-refractivity contribution in [2.24, 2.45) is 0 Å². The minimum atomic E-state index is -0.262. The first-order valence-corrected chi connectivity index (χ1v) is 7.33. The zero-order valence-electron chi connectivity index (χ0n) is 10.5. The molecule has 0 aromatic heterocycles. The zero-order chi connectivity index (χ0) is 13.4. The Morgan fingerprint density at radius 2 is 1.95 bits per heavy atom. The molecule has 0 radical (unpaired) electrons. The molecule has 2 aliphatic heterocycles. The predicted molar refractivity (Wildman–Crippen MR) is 75.8 cm³/mol. The predicted octanol–water partition coefficient (Wildman–Crippen LogP) is 2.18. The van der Waals surface area contributed by atoms with Crippen LogP contribution in [0.25, 0.3) is 0 Å². The summed E-state index contributed by atoms with van der Waals surface area (Å²) in [7, 11) is 0. The van der Waals surface area contributed by atoms with Gasteiger partial charge in [-0.25, -0.2) is 0 Å². The Hall–Kier alpha value is -1.36. The van der Waals surface area contributed by atoms with E-state index < -0.39 is 0 Å². The van der Waals surface area contributed by atoms with E-state index in [0.29, 0.717) is 13.0 Å². The number of carbonyl (C=O) groups is 2. The highest BCUT2D eigenvalue weighted by Gasteiger charge is 2.39. The van der Waals surface area contributed by atoms with Crippen LogP contribution in [-0.4, -0.2) is 35.8 Å². The third kappa shape index (κ3) is 2.16. The van der Waals surface area contributed by atoms with Crippen LogP contribution in [-0.2, 0) is 9.59 Å². The van der Waals surface area contributed by atoms with Gasteiger partial charge in [-0.3, -0.25) is 9.59 Å². The molecule has 2 heterocycles. The third-order valence-corrected chi connectivity index (χ3v) is 4.49. The van der Waals surface area contributed by atoms with Gasteiger partial charge in [0.25, 0.3) is 0 Å². The topological polar surface area (TPSA) is 40.6 Å². The van der Waals surface area contributed by atoms with Crippen molar-refractivity contribution in [1.82, 2.24) is 4.90 Å². The van der Waals surface area contributed by atoms with Crippen molar-refractivity contribution in [3.8, 4) is 0 Å². The number of anilines is 1. The lowest BCUT2D eigenvalue weighted by molar-refractivity contribution is -0.135. The zero-order valence-corrected chi connectivity index (χ0v) is 12.1. The fourth-order valence-corrected chi connectivity index (χ4v) is 3.37. The molecule has 2 amide bonds. The molecule has 3 rings (SSSR count). The van der Waals surface area contributed by atoms with E-state index >= 15 is 0 Å². The number of rotatable bonds is 1. The van der Waals surface area contributed by atoms with Gasteiger partial charge in [-0.15, -0.1) is 0 Å². The number of halogens is 1. The molecule has 5 heteroatoms. The summed E-state index contributed by atoms with van der Waals surface area (Å²) in [6, 6.07) is 7.40. The minimum absolute atomic E-state index is 0.0512. The van der Waals surface area contributed by atoms with Gasteiger partial charge in [-0.05, 0) is 40.9 Å². The second-order valence-electron chi connectivity index (χ2n) is 4.94. The first-order chi connectivity index (χ1) is 9.18. The van der Waals surface area contributed by atoms with Gasteiger partial charge in [0.2, 0.25) is 11.8 Å². The van der Waals surface area contributed by atoms with Crippen LogP contribution >= 0.6 is 15.9 Å².